The first kappa shape index (κ1) is 13.4. The number of rotatable bonds is 1. The van der Waals surface area contributed by atoms with Crippen molar-refractivity contribution in [1.82, 2.24) is 9.55 Å². The summed E-state index contributed by atoms with van der Waals surface area (Å²) in [5.41, 5.74) is 5.64. The van der Waals surface area contributed by atoms with Crippen LogP contribution in [-0.2, 0) is 9.53 Å². The number of imidazole rings is 1. The zero-order chi connectivity index (χ0) is 16.3. The zero-order valence-electron chi connectivity index (χ0n) is 13.1. The molecule has 2 aliphatic heterocycles. The third-order valence-electron chi connectivity index (χ3n) is 4.68. The maximum absolute atomic E-state index is 12.4. The summed E-state index contributed by atoms with van der Waals surface area (Å²) < 4.78 is 7.36. The third-order valence-corrected chi connectivity index (χ3v) is 4.68. The smallest absolute Gasteiger partial charge is 0.338 e. The fourth-order valence-electron chi connectivity index (χ4n) is 3.52. The zero-order valence-corrected chi connectivity index (χ0v) is 13.1. The number of carbonyl (C=O) groups excluding carboxylic acids is 1. The van der Waals surface area contributed by atoms with Crippen molar-refractivity contribution in [3.8, 4) is 0 Å². The Morgan fingerprint density at radius 2 is 1.96 bits per heavy atom. The molecule has 3 aromatic rings. The van der Waals surface area contributed by atoms with Crippen molar-refractivity contribution in [1.29, 1.82) is 0 Å². The molecule has 2 aliphatic rings. The monoisotopic (exact) mass is 317 g/mol. The van der Waals surface area contributed by atoms with Crippen molar-refractivity contribution in [2.45, 2.75) is 13.0 Å². The maximum atomic E-state index is 12.4. The molecule has 1 aromatic heterocycles. The number of aryl methyl sites for hydroxylation is 1. The summed E-state index contributed by atoms with van der Waals surface area (Å²) in [6.07, 6.45) is 0. The van der Waals surface area contributed by atoms with Crippen LogP contribution in [0.1, 0.15) is 17.2 Å². The van der Waals surface area contributed by atoms with Crippen molar-refractivity contribution in [3.05, 3.63) is 70.9 Å². The van der Waals surface area contributed by atoms with Crippen LogP contribution in [0.25, 0.3) is 11.0 Å². The van der Waals surface area contributed by atoms with E-state index in [4.69, 9.17) is 4.74 Å². The number of hydrogen-bond acceptors (Lipinski definition) is 4. The first-order valence-electron chi connectivity index (χ1n) is 7.93. The molecule has 3 heterocycles. The predicted molar refractivity (Wildman–Crippen MR) is 90.7 cm³/mol. The van der Waals surface area contributed by atoms with Crippen LogP contribution >= 0.6 is 0 Å². The molecule has 0 spiro atoms. The lowest BCUT2D eigenvalue weighted by molar-refractivity contribution is -0.136. The number of nitrogens with one attached hydrogen (secondary N) is 1. The van der Waals surface area contributed by atoms with E-state index in [1.54, 1.807) is 0 Å². The number of fused-ring (bicyclic) bond motifs is 3. The van der Waals surface area contributed by atoms with Gasteiger partial charge in [-0.25, -0.2) is 9.78 Å². The van der Waals surface area contributed by atoms with Crippen LogP contribution in [0, 0.1) is 6.92 Å². The molecule has 0 amide bonds. The summed E-state index contributed by atoms with van der Waals surface area (Å²) in [6.45, 7) is 2.33. The highest BCUT2D eigenvalue weighted by Crippen LogP contribution is 2.41. The SMILES string of the molecule is Cc1ccc(C2C3=C(COC3=O)Nc3nc4ccccc4n32)cc1. The molecule has 1 N–H and O–H groups in total. The second-order valence-corrected chi connectivity index (χ2v) is 6.20. The van der Waals surface area contributed by atoms with Gasteiger partial charge in [-0.05, 0) is 24.6 Å². The van der Waals surface area contributed by atoms with Gasteiger partial charge in [0.1, 0.15) is 6.61 Å². The Morgan fingerprint density at radius 1 is 1.17 bits per heavy atom. The topological polar surface area (TPSA) is 56.1 Å². The predicted octanol–water partition coefficient (Wildman–Crippen LogP) is 3.17. The van der Waals surface area contributed by atoms with Crippen molar-refractivity contribution in [2.75, 3.05) is 11.9 Å². The van der Waals surface area contributed by atoms with Gasteiger partial charge < -0.3 is 10.1 Å². The Kier molecular flexibility index (Phi) is 2.62. The van der Waals surface area contributed by atoms with Crippen molar-refractivity contribution in [3.63, 3.8) is 0 Å². The normalized spacial score (nSPS) is 19.0. The largest absolute Gasteiger partial charge is 0.456 e. The summed E-state index contributed by atoms with van der Waals surface area (Å²) in [6, 6.07) is 16.0. The molecular weight excluding hydrogens is 302 g/mol. The number of aromatic nitrogens is 2. The van der Waals surface area contributed by atoms with E-state index in [2.05, 4.69) is 46.1 Å². The van der Waals surface area contributed by atoms with Crippen LogP contribution in [-0.4, -0.2) is 22.1 Å². The molecule has 0 fully saturated rings. The van der Waals surface area contributed by atoms with Gasteiger partial charge in [0.15, 0.2) is 0 Å². The van der Waals surface area contributed by atoms with E-state index in [1.807, 2.05) is 24.3 Å². The molecule has 1 atom stereocenters. The molecule has 0 saturated heterocycles. The molecule has 2 aromatic carbocycles. The lowest BCUT2D eigenvalue weighted by atomic mass is 9.95. The van der Waals surface area contributed by atoms with Crippen LogP contribution in [0.2, 0.25) is 0 Å². The second kappa shape index (κ2) is 4.71. The summed E-state index contributed by atoms with van der Waals surface area (Å²) in [7, 11) is 0. The lowest BCUT2D eigenvalue weighted by Gasteiger charge is -2.27. The van der Waals surface area contributed by atoms with Gasteiger partial charge in [0, 0.05) is 0 Å². The quantitative estimate of drug-likeness (QED) is 0.700. The van der Waals surface area contributed by atoms with Gasteiger partial charge in [0.05, 0.1) is 28.3 Å². The Hall–Kier alpha value is -3.08. The molecule has 0 bridgehead atoms. The van der Waals surface area contributed by atoms with E-state index < -0.39 is 0 Å². The fourth-order valence-corrected chi connectivity index (χ4v) is 3.52. The Labute approximate surface area is 138 Å². The maximum Gasteiger partial charge on any atom is 0.338 e. The van der Waals surface area contributed by atoms with E-state index in [9.17, 15) is 4.79 Å². The number of benzene rings is 2. The highest BCUT2D eigenvalue weighted by Gasteiger charge is 2.39. The minimum absolute atomic E-state index is 0.223. The number of cyclic esters (lactones) is 1. The van der Waals surface area contributed by atoms with Gasteiger partial charge in [-0.1, -0.05) is 42.0 Å². The van der Waals surface area contributed by atoms with Gasteiger partial charge in [0.2, 0.25) is 5.95 Å². The minimum atomic E-state index is -0.258. The molecule has 0 saturated carbocycles. The van der Waals surface area contributed by atoms with Crippen LogP contribution in [0.4, 0.5) is 5.95 Å². The molecule has 5 rings (SSSR count). The minimum Gasteiger partial charge on any atom is -0.456 e. The van der Waals surface area contributed by atoms with Crippen LogP contribution in [0.5, 0.6) is 0 Å². The summed E-state index contributed by atoms with van der Waals surface area (Å²) >= 11 is 0. The van der Waals surface area contributed by atoms with E-state index in [0.717, 1.165) is 28.2 Å². The molecule has 1 unspecified atom stereocenters. The summed E-state index contributed by atoms with van der Waals surface area (Å²) in [5.74, 6) is 0.491. The number of carbonyl (C=O) groups is 1. The average molecular weight is 317 g/mol. The van der Waals surface area contributed by atoms with Gasteiger partial charge in [-0.2, -0.15) is 0 Å². The number of esters is 1. The molecule has 5 nitrogen and oxygen atoms in total. The van der Waals surface area contributed by atoms with E-state index in [0.29, 0.717) is 5.57 Å². The number of nitrogens with zero attached hydrogens (tertiary/aromatic N) is 2. The Morgan fingerprint density at radius 3 is 2.79 bits per heavy atom. The Balaban J connectivity index is 1.81. The second-order valence-electron chi connectivity index (χ2n) is 6.20. The molecule has 24 heavy (non-hydrogen) atoms. The highest BCUT2D eigenvalue weighted by atomic mass is 16.5. The lowest BCUT2D eigenvalue weighted by Crippen LogP contribution is -2.25. The third kappa shape index (κ3) is 1.75. The van der Waals surface area contributed by atoms with Crippen molar-refractivity contribution >= 4 is 23.0 Å². The van der Waals surface area contributed by atoms with Crippen molar-refractivity contribution < 1.29 is 9.53 Å². The summed E-state index contributed by atoms with van der Waals surface area (Å²) in [4.78, 5) is 17.1. The Bertz CT molecular complexity index is 1010. The molecule has 0 aliphatic carbocycles. The molecule has 5 heteroatoms. The standard InChI is InChI=1S/C19H15N3O2/c1-11-6-8-12(9-7-11)17-16-14(10-24-18(16)23)21-19-20-13-4-2-3-5-15(13)22(17)19/h2-9,17H,10H2,1H3,(H,20,21). The van der Waals surface area contributed by atoms with Gasteiger partial charge >= 0.3 is 5.97 Å². The highest BCUT2D eigenvalue weighted by molar-refractivity contribution is 5.96. The van der Waals surface area contributed by atoms with Gasteiger partial charge in [0.25, 0.3) is 0 Å². The number of ether oxygens (including phenoxy) is 1. The fraction of sp³-hybridized carbons (Fsp3) is 0.158. The van der Waals surface area contributed by atoms with Crippen LogP contribution in [0.3, 0.4) is 0 Å². The first-order chi connectivity index (χ1) is 11.7. The summed E-state index contributed by atoms with van der Waals surface area (Å²) in [5, 5.41) is 3.28. The number of para-hydroxylation sites is 2. The number of anilines is 1. The van der Waals surface area contributed by atoms with E-state index in [-0.39, 0.29) is 18.6 Å². The number of hydrogen-bond donors (Lipinski definition) is 1. The van der Waals surface area contributed by atoms with Crippen molar-refractivity contribution in [2.24, 2.45) is 0 Å². The molecule has 0 radical (unpaired) electrons. The van der Waals surface area contributed by atoms with Crippen LogP contribution < -0.4 is 5.32 Å². The van der Waals surface area contributed by atoms with E-state index in [1.165, 1.54) is 5.56 Å². The molecular formula is C19H15N3O2. The molecule has 118 valence electrons. The van der Waals surface area contributed by atoms with Gasteiger partial charge in [-0.3, -0.25) is 4.57 Å². The average Bonchev–Trinajstić information content (AvgIpc) is 3.14. The van der Waals surface area contributed by atoms with E-state index >= 15 is 0 Å². The van der Waals surface area contributed by atoms with Crippen LogP contribution in [0.15, 0.2) is 59.8 Å². The first-order valence-corrected chi connectivity index (χ1v) is 7.93. The van der Waals surface area contributed by atoms with Gasteiger partial charge in [-0.15, -0.1) is 0 Å².